The largest absolute Gasteiger partial charge is 0.497 e. The van der Waals surface area contributed by atoms with Crippen molar-refractivity contribution >= 4 is 24.2 Å². The number of nitrogens with two attached hydrogens (primary N) is 1. The molecule has 0 spiro atoms. The molecule has 0 aliphatic heterocycles. The second-order valence-electron chi connectivity index (χ2n) is 5.77. The molecule has 0 bridgehead atoms. The molecular weight excluding hydrogens is 370 g/mol. The fourth-order valence-electron chi connectivity index (χ4n) is 2.55. The smallest absolute Gasteiger partial charge is 0.251 e. The predicted molar refractivity (Wildman–Crippen MR) is 96.3 cm³/mol. The summed E-state index contributed by atoms with van der Waals surface area (Å²) in [5, 5.41) is 9.11. The van der Waals surface area contributed by atoms with E-state index in [-0.39, 0.29) is 18.8 Å². The molecule has 0 radical (unpaired) electrons. The topological polar surface area (TPSA) is 66.0 Å². The van der Waals surface area contributed by atoms with Gasteiger partial charge < -0.3 is 10.5 Å². The molecule has 1 fully saturated rings. The Hall–Kier alpha value is -1.38. The van der Waals surface area contributed by atoms with Crippen LogP contribution in [0.3, 0.4) is 0 Å². The Bertz CT molecular complexity index is 696. The van der Waals surface area contributed by atoms with Crippen molar-refractivity contribution in [2.24, 2.45) is 11.7 Å². The zero-order valence-corrected chi connectivity index (χ0v) is 15.5. The third-order valence-corrected chi connectivity index (χ3v) is 5.01. The lowest BCUT2D eigenvalue weighted by Gasteiger charge is -2.10. The molecule has 2 aromatic rings. The number of methoxy groups -OCH3 is 1. The van der Waals surface area contributed by atoms with E-state index in [1.807, 2.05) is 28.8 Å². The van der Waals surface area contributed by atoms with Crippen LogP contribution in [0, 0.1) is 5.92 Å². The third kappa shape index (κ3) is 4.62. The lowest BCUT2D eigenvalue weighted by Crippen LogP contribution is -2.09. The molecule has 2 N–H and O–H groups in total. The van der Waals surface area contributed by atoms with Crippen LogP contribution in [0.1, 0.15) is 18.7 Å². The zero-order chi connectivity index (χ0) is 17.2. The molecule has 9 heteroatoms. The molecule has 3 rings (SSSR count). The van der Waals surface area contributed by atoms with Crippen LogP contribution in [0.4, 0.5) is 8.78 Å². The van der Waals surface area contributed by atoms with E-state index < -0.39 is 11.8 Å². The molecule has 1 saturated carbocycles. The Labute approximate surface area is 155 Å². The fourth-order valence-corrected chi connectivity index (χ4v) is 3.57. The molecule has 1 aromatic heterocycles. The molecule has 1 aliphatic carbocycles. The second kappa shape index (κ2) is 8.33. The first-order chi connectivity index (χ1) is 11.5. The van der Waals surface area contributed by atoms with E-state index in [0.717, 1.165) is 17.3 Å². The van der Waals surface area contributed by atoms with Crippen LogP contribution in [0.2, 0.25) is 0 Å². The monoisotopic (exact) mass is 390 g/mol. The van der Waals surface area contributed by atoms with Crippen molar-refractivity contribution in [3.8, 4) is 11.4 Å². The van der Waals surface area contributed by atoms with Crippen LogP contribution < -0.4 is 10.5 Å². The summed E-state index contributed by atoms with van der Waals surface area (Å²) < 4.78 is 33.1. The number of aromatic nitrogens is 3. The average Bonchev–Trinajstić information content (AvgIpc) is 3.00. The van der Waals surface area contributed by atoms with Crippen molar-refractivity contribution in [1.82, 2.24) is 14.8 Å². The minimum absolute atomic E-state index is 0. The van der Waals surface area contributed by atoms with Gasteiger partial charge in [0.15, 0.2) is 5.16 Å². The van der Waals surface area contributed by atoms with Gasteiger partial charge in [0.2, 0.25) is 0 Å². The third-order valence-electron chi connectivity index (χ3n) is 4.05. The second-order valence-corrected chi connectivity index (χ2v) is 6.83. The summed E-state index contributed by atoms with van der Waals surface area (Å²) in [6.45, 7) is 0.466. The maximum Gasteiger partial charge on any atom is 0.251 e. The molecule has 0 amide bonds. The van der Waals surface area contributed by atoms with E-state index >= 15 is 0 Å². The normalized spacial score (nSPS) is 17.8. The Balaban J connectivity index is 0.00000225. The molecule has 5 nitrogen and oxygen atoms in total. The van der Waals surface area contributed by atoms with Gasteiger partial charge in [-0.25, -0.2) is 8.78 Å². The quantitative estimate of drug-likeness (QED) is 0.700. The van der Waals surface area contributed by atoms with Gasteiger partial charge in [-0.15, -0.1) is 22.6 Å². The Morgan fingerprint density at radius 3 is 2.56 bits per heavy atom. The molecule has 138 valence electrons. The molecule has 1 aliphatic rings. The van der Waals surface area contributed by atoms with Crippen LogP contribution in [-0.2, 0) is 6.42 Å². The fraction of sp³-hybridized carbons (Fsp3) is 0.500. The van der Waals surface area contributed by atoms with Gasteiger partial charge in [-0.3, -0.25) is 4.57 Å². The highest BCUT2D eigenvalue weighted by Crippen LogP contribution is 2.51. The van der Waals surface area contributed by atoms with Gasteiger partial charge >= 0.3 is 0 Å². The molecule has 25 heavy (non-hydrogen) atoms. The van der Waals surface area contributed by atoms with Crippen molar-refractivity contribution in [2.75, 3.05) is 19.4 Å². The number of thioether (sulfide) groups is 1. The van der Waals surface area contributed by atoms with Gasteiger partial charge in [0.05, 0.1) is 7.11 Å². The molecule has 1 aromatic carbocycles. The first-order valence-electron chi connectivity index (χ1n) is 7.84. The molecule has 0 saturated heterocycles. The highest BCUT2D eigenvalue weighted by molar-refractivity contribution is 7.99. The average molecular weight is 391 g/mol. The Morgan fingerprint density at radius 1 is 1.32 bits per heavy atom. The molecule has 1 heterocycles. The Morgan fingerprint density at radius 2 is 2.00 bits per heavy atom. The van der Waals surface area contributed by atoms with Crippen molar-refractivity contribution in [1.29, 1.82) is 0 Å². The highest BCUT2D eigenvalue weighted by Gasteiger charge is 2.55. The minimum Gasteiger partial charge on any atom is -0.497 e. The van der Waals surface area contributed by atoms with E-state index in [0.29, 0.717) is 30.3 Å². The SMILES string of the molecule is COc1ccc(-n2c(CCN)nnc2SCCC2CC2(F)F)cc1.Cl. The maximum absolute atomic E-state index is 13.0. The number of alkyl halides is 2. The summed E-state index contributed by atoms with van der Waals surface area (Å²) in [5.74, 6) is -0.823. The van der Waals surface area contributed by atoms with Gasteiger partial charge in [0.25, 0.3) is 5.92 Å². The molecule has 1 atom stereocenters. The van der Waals surface area contributed by atoms with Crippen LogP contribution in [-0.4, -0.2) is 40.1 Å². The van der Waals surface area contributed by atoms with Crippen molar-refractivity contribution < 1.29 is 13.5 Å². The number of ether oxygens (including phenoxy) is 1. The van der Waals surface area contributed by atoms with E-state index in [4.69, 9.17) is 10.5 Å². The maximum atomic E-state index is 13.0. The van der Waals surface area contributed by atoms with Crippen molar-refractivity contribution in [3.05, 3.63) is 30.1 Å². The summed E-state index contributed by atoms with van der Waals surface area (Å²) in [6.07, 6.45) is 1.09. The summed E-state index contributed by atoms with van der Waals surface area (Å²) in [5.41, 5.74) is 6.56. The van der Waals surface area contributed by atoms with E-state index in [2.05, 4.69) is 10.2 Å². The summed E-state index contributed by atoms with van der Waals surface area (Å²) >= 11 is 1.45. The van der Waals surface area contributed by atoms with Gasteiger partial charge in [-0.05, 0) is 37.2 Å². The number of rotatable bonds is 8. The number of halogens is 3. The summed E-state index contributed by atoms with van der Waals surface area (Å²) in [7, 11) is 1.61. The number of benzene rings is 1. The van der Waals surface area contributed by atoms with Crippen LogP contribution in [0.15, 0.2) is 29.4 Å². The lowest BCUT2D eigenvalue weighted by atomic mass is 10.3. The number of hydrogen-bond donors (Lipinski definition) is 1. The summed E-state index contributed by atoms with van der Waals surface area (Å²) in [4.78, 5) is 0. The van der Waals surface area contributed by atoms with Gasteiger partial charge in [0, 0.05) is 30.2 Å². The van der Waals surface area contributed by atoms with Crippen molar-refractivity contribution in [3.63, 3.8) is 0 Å². The van der Waals surface area contributed by atoms with Gasteiger partial charge in [-0.1, -0.05) is 11.8 Å². The van der Waals surface area contributed by atoms with Gasteiger partial charge in [0.1, 0.15) is 11.6 Å². The molecular formula is C16H21ClF2N4OS. The molecule has 1 unspecified atom stereocenters. The zero-order valence-electron chi connectivity index (χ0n) is 13.8. The lowest BCUT2D eigenvalue weighted by molar-refractivity contribution is 0.0983. The van der Waals surface area contributed by atoms with Crippen molar-refractivity contribution in [2.45, 2.75) is 30.3 Å². The first kappa shape index (κ1) is 19.9. The predicted octanol–water partition coefficient (Wildman–Crippen LogP) is 3.34. The van der Waals surface area contributed by atoms with E-state index in [9.17, 15) is 8.78 Å². The van der Waals surface area contributed by atoms with Crippen LogP contribution >= 0.6 is 24.2 Å². The Kier molecular flexibility index (Phi) is 6.65. The van der Waals surface area contributed by atoms with E-state index in [1.54, 1.807) is 7.11 Å². The number of nitrogens with zero attached hydrogens (tertiary/aromatic N) is 3. The highest BCUT2D eigenvalue weighted by atomic mass is 35.5. The number of hydrogen-bond acceptors (Lipinski definition) is 5. The van der Waals surface area contributed by atoms with Gasteiger partial charge in [-0.2, -0.15) is 0 Å². The van der Waals surface area contributed by atoms with E-state index in [1.165, 1.54) is 11.8 Å². The van der Waals surface area contributed by atoms with Crippen LogP contribution in [0.25, 0.3) is 5.69 Å². The standard InChI is InChI=1S/C16H20F2N4OS.ClH/c1-23-13-4-2-12(3-5-13)22-14(6-8-19)20-21-15(22)24-9-7-11-10-16(11,17)18;/h2-5,11H,6-10,19H2,1H3;1H. The van der Waals surface area contributed by atoms with Crippen LogP contribution in [0.5, 0.6) is 5.75 Å². The summed E-state index contributed by atoms with van der Waals surface area (Å²) in [6, 6.07) is 7.56. The first-order valence-corrected chi connectivity index (χ1v) is 8.83. The minimum atomic E-state index is -2.46.